The minimum atomic E-state index is -0.898. The number of carbonyl (C=O) groups is 3. The molecule has 2 saturated heterocycles. The zero-order valence-electron chi connectivity index (χ0n) is 20.6. The maximum atomic E-state index is 13.7. The summed E-state index contributed by atoms with van der Waals surface area (Å²) in [5.74, 6) is -3.02. The number of H-pyrrole nitrogens is 1. The lowest BCUT2D eigenvalue weighted by Crippen LogP contribution is -2.38. The largest absolute Gasteiger partial charge is 0.507 e. The Hall–Kier alpha value is -3.50. The summed E-state index contributed by atoms with van der Waals surface area (Å²) in [4.78, 5) is 45.1. The lowest BCUT2D eigenvalue weighted by molar-refractivity contribution is -0.140. The Morgan fingerprint density at radius 3 is 2.47 bits per heavy atom. The molecule has 4 rings (SSSR count). The predicted molar refractivity (Wildman–Crippen MR) is 129 cm³/mol. The Labute approximate surface area is 208 Å². The number of likely N-dealkylation sites (tertiary alicyclic amines) is 1. The van der Waals surface area contributed by atoms with E-state index in [9.17, 15) is 23.9 Å². The van der Waals surface area contributed by atoms with Gasteiger partial charge in [0.05, 0.1) is 31.9 Å². The summed E-state index contributed by atoms with van der Waals surface area (Å²) >= 11 is 0. The smallest absolute Gasteiger partial charge is 0.354 e. The first-order chi connectivity index (χ1) is 17.2. The summed E-state index contributed by atoms with van der Waals surface area (Å²) in [6.07, 6.45) is 0.611. The molecule has 2 aromatic rings. The topological polar surface area (TPSA) is 112 Å². The van der Waals surface area contributed by atoms with Crippen molar-refractivity contribution < 1.29 is 33.4 Å². The van der Waals surface area contributed by atoms with E-state index in [0.29, 0.717) is 36.5 Å². The molecule has 2 fully saturated rings. The second-order valence-corrected chi connectivity index (χ2v) is 8.97. The van der Waals surface area contributed by atoms with Crippen molar-refractivity contribution >= 4 is 23.4 Å². The zero-order valence-corrected chi connectivity index (χ0v) is 20.6. The third kappa shape index (κ3) is 4.78. The maximum absolute atomic E-state index is 13.7. The number of ether oxygens (including phenoxy) is 2. The zero-order chi connectivity index (χ0) is 26.0. The Bertz CT molecular complexity index is 1200. The highest BCUT2D eigenvalue weighted by atomic mass is 19.1. The van der Waals surface area contributed by atoms with Crippen molar-refractivity contribution in [3.8, 4) is 0 Å². The van der Waals surface area contributed by atoms with Gasteiger partial charge >= 0.3 is 5.97 Å². The number of amides is 1. The number of carbonyl (C=O) groups excluding carboxylic acids is 3. The highest BCUT2D eigenvalue weighted by Gasteiger charge is 2.46. The van der Waals surface area contributed by atoms with Gasteiger partial charge in [-0.05, 0) is 43.5 Å². The number of aromatic nitrogens is 1. The van der Waals surface area contributed by atoms with Gasteiger partial charge < -0.3 is 24.5 Å². The van der Waals surface area contributed by atoms with Gasteiger partial charge in [0.2, 0.25) is 0 Å². The Morgan fingerprint density at radius 2 is 1.83 bits per heavy atom. The van der Waals surface area contributed by atoms with Gasteiger partial charge in [-0.25, -0.2) is 9.18 Å². The molecule has 0 unspecified atom stereocenters. The molecule has 1 amide bonds. The van der Waals surface area contributed by atoms with E-state index in [0.717, 1.165) is 19.6 Å². The van der Waals surface area contributed by atoms with Gasteiger partial charge in [0, 0.05) is 37.4 Å². The number of benzene rings is 1. The van der Waals surface area contributed by atoms with Crippen LogP contribution < -0.4 is 0 Å². The number of hydrogen-bond donors (Lipinski definition) is 2. The van der Waals surface area contributed by atoms with E-state index >= 15 is 0 Å². The van der Waals surface area contributed by atoms with Gasteiger partial charge in [0.25, 0.3) is 11.7 Å². The van der Waals surface area contributed by atoms with Crippen molar-refractivity contribution in [3.05, 3.63) is 63.7 Å². The number of aliphatic hydroxyl groups is 1. The molecule has 9 nitrogen and oxygen atoms in total. The molecule has 10 heteroatoms. The minimum absolute atomic E-state index is 0.0976. The molecule has 2 aliphatic heterocycles. The van der Waals surface area contributed by atoms with Crippen LogP contribution in [0.15, 0.2) is 29.8 Å². The van der Waals surface area contributed by atoms with Crippen LogP contribution in [0.1, 0.15) is 45.3 Å². The highest BCUT2D eigenvalue weighted by molar-refractivity contribution is 6.46. The molecule has 0 saturated carbocycles. The minimum Gasteiger partial charge on any atom is -0.507 e. The van der Waals surface area contributed by atoms with Crippen LogP contribution in [0.25, 0.3) is 5.76 Å². The Balaban J connectivity index is 1.74. The molecule has 1 aromatic carbocycles. The number of aliphatic hydroxyl groups excluding tert-OH is 1. The fourth-order valence-corrected chi connectivity index (χ4v) is 4.94. The Morgan fingerprint density at radius 1 is 1.17 bits per heavy atom. The maximum Gasteiger partial charge on any atom is 0.354 e. The van der Waals surface area contributed by atoms with Crippen molar-refractivity contribution in [3.63, 3.8) is 0 Å². The fourth-order valence-electron chi connectivity index (χ4n) is 4.94. The second kappa shape index (κ2) is 10.6. The molecule has 3 heterocycles. The van der Waals surface area contributed by atoms with Crippen LogP contribution in [0.4, 0.5) is 4.39 Å². The second-order valence-electron chi connectivity index (χ2n) is 8.97. The number of aromatic amines is 1. The van der Waals surface area contributed by atoms with Crippen molar-refractivity contribution in [2.75, 3.05) is 46.5 Å². The van der Waals surface area contributed by atoms with Gasteiger partial charge in [0.1, 0.15) is 17.3 Å². The molecule has 1 aromatic heterocycles. The van der Waals surface area contributed by atoms with Crippen LogP contribution in [0.5, 0.6) is 0 Å². The van der Waals surface area contributed by atoms with Crippen molar-refractivity contribution in [2.24, 2.45) is 0 Å². The normalized spacial score (nSPS) is 20.2. The Kier molecular flexibility index (Phi) is 7.56. The molecule has 2 aliphatic rings. The molecule has 0 aliphatic carbocycles. The predicted octanol–water partition coefficient (Wildman–Crippen LogP) is 2.70. The standard InChI is InChI=1S/C26H30FN3O6/c1-15-19(16(2)28-21(15)26(34)35-3)23(31)20-22(17-5-7-18(27)8-6-17)30(25(33)24(20)32)10-4-9-29-11-13-36-14-12-29/h5-8,22,28,31H,4,9-14H2,1-3H3/b23-20+/t22-/m1/s1. The molecule has 1 atom stereocenters. The number of esters is 1. The van der Waals surface area contributed by atoms with E-state index < -0.39 is 29.5 Å². The van der Waals surface area contributed by atoms with E-state index in [1.807, 2.05) is 0 Å². The van der Waals surface area contributed by atoms with Crippen LogP contribution in [0.3, 0.4) is 0 Å². The third-order valence-electron chi connectivity index (χ3n) is 6.77. The first-order valence-electron chi connectivity index (χ1n) is 11.9. The highest BCUT2D eigenvalue weighted by Crippen LogP contribution is 2.41. The number of nitrogens with zero attached hydrogens (tertiary/aromatic N) is 2. The number of ketones is 1. The van der Waals surface area contributed by atoms with E-state index in [4.69, 9.17) is 9.47 Å². The van der Waals surface area contributed by atoms with E-state index in [2.05, 4.69) is 9.88 Å². The molecular formula is C26H30FN3O6. The lowest BCUT2D eigenvalue weighted by atomic mass is 9.94. The van der Waals surface area contributed by atoms with Gasteiger partial charge in [-0.15, -0.1) is 0 Å². The number of nitrogens with one attached hydrogen (secondary N) is 1. The number of halogens is 1. The quantitative estimate of drug-likeness (QED) is 0.261. The average molecular weight is 500 g/mol. The van der Waals surface area contributed by atoms with Crippen LogP contribution in [0, 0.1) is 19.7 Å². The van der Waals surface area contributed by atoms with E-state index in [-0.39, 0.29) is 29.1 Å². The molecular weight excluding hydrogens is 469 g/mol. The SMILES string of the molecule is COC(=O)c1[nH]c(C)c(/C(O)=C2\C(=O)C(=O)N(CCCN3CCOCC3)[C@@H]2c2ccc(F)cc2)c1C. The molecule has 0 bridgehead atoms. The van der Waals surface area contributed by atoms with Gasteiger partial charge in [-0.3, -0.25) is 14.5 Å². The first-order valence-corrected chi connectivity index (χ1v) is 11.9. The van der Waals surface area contributed by atoms with Crippen molar-refractivity contribution in [2.45, 2.75) is 26.3 Å². The molecule has 0 spiro atoms. The summed E-state index contributed by atoms with van der Waals surface area (Å²) < 4.78 is 23.9. The number of morpholine rings is 1. The monoisotopic (exact) mass is 499 g/mol. The van der Waals surface area contributed by atoms with Gasteiger partial charge in [0.15, 0.2) is 0 Å². The average Bonchev–Trinajstić information content (AvgIpc) is 3.31. The van der Waals surface area contributed by atoms with Crippen LogP contribution >= 0.6 is 0 Å². The number of methoxy groups -OCH3 is 1. The van der Waals surface area contributed by atoms with Crippen LogP contribution in [-0.2, 0) is 19.1 Å². The van der Waals surface area contributed by atoms with Crippen LogP contribution in [0.2, 0.25) is 0 Å². The van der Waals surface area contributed by atoms with Crippen LogP contribution in [-0.4, -0.2) is 84.1 Å². The summed E-state index contributed by atoms with van der Waals surface area (Å²) in [7, 11) is 1.24. The summed E-state index contributed by atoms with van der Waals surface area (Å²) in [6.45, 7) is 7.19. The summed E-state index contributed by atoms with van der Waals surface area (Å²) in [6, 6.07) is 4.62. The number of Topliss-reactive ketones (excluding diaryl/α,β-unsaturated/α-hetero) is 1. The molecule has 192 valence electrons. The molecule has 2 N–H and O–H groups in total. The lowest BCUT2D eigenvalue weighted by Gasteiger charge is -2.29. The number of aryl methyl sites for hydroxylation is 1. The fraction of sp³-hybridized carbons (Fsp3) is 0.423. The van der Waals surface area contributed by atoms with Gasteiger partial charge in [-0.1, -0.05) is 12.1 Å². The van der Waals surface area contributed by atoms with E-state index in [1.165, 1.54) is 36.3 Å². The molecule has 0 radical (unpaired) electrons. The van der Waals surface area contributed by atoms with E-state index in [1.54, 1.807) is 13.8 Å². The number of rotatable bonds is 7. The van der Waals surface area contributed by atoms with Crippen molar-refractivity contribution in [1.82, 2.24) is 14.8 Å². The first kappa shape index (κ1) is 25.6. The summed E-state index contributed by atoms with van der Waals surface area (Å²) in [5, 5.41) is 11.4. The van der Waals surface area contributed by atoms with Gasteiger partial charge in [-0.2, -0.15) is 0 Å². The molecule has 36 heavy (non-hydrogen) atoms. The summed E-state index contributed by atoms with van der Waals surface area (Å²) in [5.41, 5.74) is 1.65. The number of hydrogen-bond acceptors (Lipinski definition) is 7. The van der Waals surface area contributed by atoms with Crippen molar-refractivity contribution in [1.29, 1.82) is 0 Å². The third-order valence-corrected chi connectivity index (χ3v) is 6.77.